The summed E-state index contributed by atoms with van der Waals surface area (Å²) in [5.74, 6) is 5.93. The van der Waals surface area contributed by atoms with Gasteiger partial charge in [-0.05, 0) is 6.92 Å². The maximum Gasteiger partial charge on any atom is 0.209 e. The van der Waals surface area contributed by atoms with E-state index in [0.29, 0.717) is 6.54 Å². The van der Waals surface area contributed by atoms with Gasteiger partial charge in [0.2, 0.25) is 6.41 Å². The molecule has 0 aromatic heterocycles. The molecule has 0 bridgehead atoms. The molecule has 0 saturated carbocycles. The number of carbonyl (C=O) groups excluding carboxylic acids is 1. The number of ether oxygens (including phenoxy) is 1. The topological polar surface area (TPSA) is 32.8 Å². The SMILES string of the molecule is CC#CCN1CCOC(CN(C)C=O)C1. The van der Waals surface area contributed by atoms with Crippen molar-refractivity contribution in [2.75, 3.05) is 39.8 Å². The van der Waals surface area contributed by atoms with Gasteiger partial charge >= 0.3 is 0 Å². The fourth-order valence-electron chi connectivity index (χ4n) is 1.59. The number of carbonyl (C=O) groups is 1. The van der Waals surface area contributed by atoms with Crippen molar-refractivity contribution >= 4 is 6.41 Å². The molecule has 1 rings (SSSR count). The Morgan fingerprint density at radius 3 is 3.13 bits per heavy atom. The minimum absolute atomic E-state index is 0.118. The van der Waals surface area contributed by atoms with Gasteiger partial charge in [-0.25, -0.2) is 0 Å². The Morgan fingerprint density at radius 1 is 1.67 bits per heavy atom. The van der Waals surface area contributed by atoms with E-state index in [9.17, 15) is 4.79 Å². The lowest BCUT2D eigenvalue weighted by molar-refractivity contribution is -0.120. The summed E-state index contributed by atoms with van der Waals surface area (Å²) in [7, 11) is 1.77. The van der Waals surface area contributed by atoms with Crippen molar-refractivity contribution < 1.29 is 9.53 Å². The van der Waals surface area contributed by atoms with Gasteiger partial charge in [-0.15, -0.1) is 5.92 Å². The summed E-state index contributed by atoms with van der Waals surface area (Å²) in [6, 6.07) is 0. The van der Waals surface area contributed by atoms with Gasteiger partial charge in [-0.3, -0.25) is 9.69 Å². The zero-order chi connectivity index (χ0) is 11.1. The fourth-order valence-corrected chi connectivity index (χ4v) is 1.59. The van der Waals surface area contributed by atoms with Gasteiger partial charge in [0.15, 0.2) is 0 Å². The summed E-state index contributed by atoms with van der Waals surface area (Å²) < 4.78 is 5.57. The van der Waals surface area contributed by atoms with Gasteiger partial charge < -0.3 is 9.64 Å². The standard InChI is InChI=1S/C11H18N2O2/c1-3-4-5-13-6-7-15-11(9-13)8-12(2)10-14/h10-11H,5-9H2,1-2H3. The summed E-state index contributed by atoms with van der Waals surface area (Å²) in [6.07, 6.45) is 0.946. The van der Waals surface area contributed by atoms with Gasteiger partial charge in [-0.1, -0.05) is 5.92 Å². The minimum Gasteiger partial charge on any atom is -0.374 e. The summed E-state index contributed by atoms with van der Waals surface area (Å²) >= 11 is 0. The van der Waals surface area contributed by atoms with Crippen LogP contribution in [0.1, 0.15) is 6.92 Å². The number of hydrogen-bond acceptors (Lipinski definition) is 3. The molecule has 4 heteroatoms. The molecule has 1 unspecified atom stereocenters. The molecule has 1 amide bonds. The zero-order valence-electron chi connectivity index (χ0n) is 9.40. The Labute approximate surface area is 91.2 Å². The van der Waals surface area contributed by atoms with Gasteiger partial charge in [0, 0.05) is 26.7 Å². The first-order chi connectivity index (χ1) is 7.26. The van der Waals surface area contributed by atoms with Crippen molar-refractivity contribution in [1.29, 1.82) is 0 Å². The van der Waals surface area contributed by atoms with E-state index in [1.54, 1.807) is 11.9 Å². The number of likely N-dealkylation sites (N-methyl/N-ethyl adjacent to an activating group) is 1. The van der Waals surface area contributed by atoms with Gasteiger partial charge in [0.25, 0.3) is 0 Å². The summed E-state index contributed by atoms with van der Waals surface area (Å²) in [5, 5.41) is 0. The average molecular weight is 210 g/mol. The van der Waals surface area contributed by atoms with Crippen LogP contribution in [0.2, 0.25) is 0 Å². The molecule has 0 radical (unpaired) electrons. The molecule has 1 atom stereocenters. The van der Waals surface area contributed by atoms with Gasteiger partial charge in [0.1, 0.15) is 0 Å². The molecule has 1 fully saturated rings. The quantitative estimate of drug-likeness (QED) is 0.476. The number of rotatable bonds is 4. The highest BCUT2D eigenvalue weighted by Crippen LogP contribution is 2.05. The highest BCUT2D eigenvalue weighted by atomic mass is 16.5. The average Bonchev–Trinajstić information content (AvgIpc) is 2.26. The van der Waals surface area contributed by atoms with Crippen LogP contribution in [0, 0.1) is 11.8 Å². The molecule has 0 aliphatic carbocycles. The zero-order valence-corrected chi connectivity index (χ0v) is 9.40. The van der Waals surface area contributed by atoms with E-state index < -0.39 is 0 Å². The Hall–Kier alpha value is -1.05. The van der Waals surface area contributed by atoms with Crippen molar-refractivity contribution in [3.8, 4) is 11.8 Å². The predicted octanol–water partition coefficient (Wildman–Crippen LogP) is -0.201. The number of morpholine rings is 1. The van der Waals surface area contributed by atoms with Crippen LogP contribution in [0.4, 0.5) is 0 Å². The number of amides is 1. The van der Waals surface area contributed by atoms with Crippen molar-refractivity contribution in [2.45, 2.75) is 13.0 Å². The molecule has 1 heterocycles. The Bertz CT molecular complexity index is 257. The van der Waals surface area contributed by atoms with E-state index in [1.165, 1.54) is 0 Å². The molecular weight excluding hydrogens is 192 g/mol. The predicted molar refractivity (Wildman–Crippen MR) is 58.3 cm³/mol. The lowest BCUT2D eigenvalue weighted by atomic mass is 10.2. The van der Waals surface area contributed by atoms with Gasteiger partial charge in [-0.2, -0.15) is 0 Å². The number of nitrogens with zero attached hydrogens (tertiary/aromatic N) is 2. The monoisotopic (exact) mass is 210 g/mol. The van der Waals surface area contributed by atoms with E-state index in [0.717, 1.165) is 32.7 Å². The Morgan fingerprint density at radius 2 is 2.47 bits per heavy atom. The van der Waals surface area contributed by atoms with Crippen LogP contribution in [0.3, 0.4) is 0 Å². The first kappa shape index (κ1) is 12.0. The molecule has 1 aliphatic heterocycles. The third kappa shape index (κ3) is 4.32. The third-order valence-corrected chi connectivity index (χ3v) is 2.37. The molecule has 1 aliphatic rings. The maximum absolute atomic E-state index is 10.5. The highest BCUT2D eigenvalue weighted by Gasteiger charge is 2.20. The highest BCUT2D eigenvalue weighted by molar-refractivity contribution is 5.46. The largest absolute Gasteiger partial charge is 0.374 e. The molecule has 4 nitrogen and oxygen atoms in total. The van der Waals surface area contributed by atoms with Crippen molar-refractivity contribution in [2.24, 2.45) is 0 Å². The third-order valence-electron chi connectivity index (χ3n) is 2.37. The lowest BCUT2D eigenvalue weighted by Crippen LogP contribution is -2.46. The molecule has 1 saturated heterocycles. The second-order valence-corrected chi connectivity index (χ2v) is 3.70. The van der Waals surface area contributed by atoms with Crippen molar-refractivity contribution in [1.82, 2.24) is 9.80 Å². The Balaban J connectivity index is 2.33. The van der Waals surface area contributed by atoms with E-state index in [-0.39, 0.29) is 6.10 Å². The lowest BCUT2D eigenvalue weighted by Gasteiger charge is -2.32. The molecule has 0 N–H and O–H groups in total. The molecule has 0 aromatic rings. The van der Waals surface area contributed by atoms with Crippen LogP contribution < -0.4 is 0 Å². The van der Waals surface area contributed by atoms with Crippen molar-refractivity contribution in [3.05, 3.63) is 0 Å². The molecule has 84 valence electrons. The summed E-state index contributed by atoms with van der Waals surface area (Å²) in [5.41, 5.74) is 0. The van der Waals surface area contributed by atoms with E-state index >= 15 is 0 Å². The smallest absolute Gasteiger partial charge is 0.209 e. The van der Waals surface area contributed by atoms with E-state index in [2.05, 4.69) is 16.7 Å². The van der Waals surface area contributed by atoms with Crippen molar-refractivity contribution in [3.63, 3.8) is 0 Å². The summed E-state index contributed by atoms with van der Waals surface area (Å²) in [6.45, 7) is 5.80. The van der Waals surface area contributed by atoms with Crippen LogP contribution >= 0.6 is 0 Å². The van der Waals surface area contributed by atoms with Crippen LogP contribution in [0.25, 0.3) is 0 Å². The number of hydrogen-bond donors (Lipinski definition) is 0. The Kier molecular flexibility index (Phi) is 5.16. The first-order valence-corrected chi connectivity index (χ1v) is 5.15. The maximum atomic E-state index is 10.5. The molecule has 15 heavy (non-hydrogen) atoms. The fraction of sp³-hybridized carbons (Fsp3) is 0.727. The molecule has 0 spiro atoms. The molecular formula is C11H18N2O2. The van der Waals surface area contributed by atoms with Crippen LogP contribution in [-0.2, 0) is 9.53 Å². The molecule has 0 aromatic carbocycles. The second-order valence-electron chi connectivity index (χ2n) is 3.70. The van der Waals surface area contributed by atoms with Crippen LogP contribution in [0.15, 0.2) is 0 Å². The van der Waals surface area contributed by atoms with Crippen LogP contribution in [-0.4, -0.2) is 62.1 Å². The summed E-state index contributed by atoms with van der Waals surface area (Å²) in [4.78, 5) is 14.3. The van der Waals surface area contributed by atoms with E-state index in [1.807, 2.05) is 6.92 Å². The van der Waals surface area contributed by atoms with E-state index in [4.69, 9.17) is 4.74 Å². The first-order valence-electron chi connectivity index (χ1n) is 5.15. The van der Waals surface area contributed by atoms with Crippen LogP contribution in [0.5, 0.6) is 0 Å². The van der Waals surface area contributed by atoms with Gasteiger partial charge in [0.05, 0.1) is 19.3 Å². The second kappa shape index (κ2) is 6.44. The minimum atomic E-state index is 0.118. The normalized spacial score (nSPS) is 21.6.